The maximum absolute atomic E-state index is 13.3. The number of carbonyl (C=O) groups is 2. The maximum atomic E-state index is 13.3. The molecular formula is C23H36O7S. The molecule has 2 bridgehead atoms. The zero-order chi connectivity index (χ0) is 23.4. The van der Waals surface area contributed by atoms with Gasteiger partial charge in [0.1, 0.15) is 11.9 Å². The van der Waals surface area contributed by atoms with Crippen molar-refractivity contribution in [2.45, 2.75) is 72.0 Å². The Labute approximate surface area is 185 Å². The third-order valence-electron chi connectivity index (χ3n) is 8.97. The highest BCUT2D eigenvalue weighted by molar-refractivity contribution is 7.86. The second-order valence-corrected chi connectivity index (χ2v) is 12.2. The first-order valence-electron chi connectivity index (χ1n) is 11.1. The Kier molecular flexibility index (Phi) is 6.26. The van der Waals surface area contributed by atoms with Gasteiger partial charge in [0, 0.05) is 23.2 Å². The second-order valence-electron chi connectivity index (χ2n) is 10.5. The van der Waals surface area contributed by atoms with Crippen molar-refractivity contribution in [1.29, 1.82) is 0 Å². The van der Waals surface area contributed by atoms with Crippen molar-refractivity contribution in [3.63, 3.8) is 0 Å². The van der Waals surface area contributed by atoms with E-state index >= 15 is 0 Å². The van der Waals surface area contributed by atoms with Crippen molar-refractivity contribution in [3.05, 3.63) is 12.7 Å². The first-order valence-corrected chi connectivity index (χ1v) is 12.9. The summed E-state index contributed by atoms with van der Waals surface area (Å²) < 4.78 is 33.1. The van der Waals surface area contributed by atoms with Gasteiger partial charge in [-0.1, -0.05) is 33.8 Å². The first-order chi connectivity index (χ1) is 14.2. The van der Waals surface area contributed by atoms with Gasteiger partial charge in [-0.2, -0.15) is 8.42 Å². The van der Waals surface area contributed by atoms with E-state index in [4.69, 9.17) is 4.74 Å². The van der Waals surface area contributed by atoms with Gasteiger partial charge in [0.2, 0.25) is 0 Å². The van der Waals surface area contributed by atoms with Gasteiger partial charge < -0.3 is 9.84 Å². The molecule has 0 saturated heterocycles. The van der Waals surface area contributed by atoms with Crippen LogP contribution in [0.25, 0.3) is 0 Å². The number of aliphatic hydroxyl groups is 1. The number of Topliss-reactive ketones (excluding diaryl/α,β-unsaturated/α-hetero) is 1. The fourth-order valence-electron chi connectivity index (χ4n) is 6.85. The monoisotopic (exact) mass is 456 g/mol. The highest BCUT2D eigenvalue weighted by atomic mass is 32.2. The Morgan fingerprint density at radius 2 is 1.94 bits per heavy atom. The van der Waals surface area contributed by atoms with Crippen LogP contribution in [0.15, 0.2) is 12.7 Å². The highest BCUT2D eigenvalue weighted by Crippen LogP contribution is 2.67. The Morgan fingerprint density at radius 3 is 2.52 bits per heavy atom. The highest BCUT2D eigenvalue weighted by Gasteiger charge is 2.68. The molecule has 3 aliphatic carbocycles. The van der Waals surface area contributed by atoms with Crippen LogP contribution in [-0.4, -0.2) is 50.3 Å². The molecule has 8 atom stereocenters. The van der Waals surface area contributed by atoms with E-state index in [9.17, 15) is 23.1 Å². The van der Waals surface area contributed by atoms with Crippen LogP contribution >= 0.6 is 0 Å². The van der Waals surface area contributed by atoms with Crippen molar-refractivity contribution in [1.82, 2.24) is 0 Å². The fraction of sp³-hybridized carbons (Fsp3) is 0.826. The van der Waals surface area contributed by atoms with Gasteiger partial charge in [-0.3, -0.25) is 8.98 Å². The van der Waals surface area contributed by atoms with Gasteiger partial charge >= 0.3 is 5.97 Å². The summed E-state index contributed by atoms with van der Waals surface area (Å²) in [6.45, 7) is 11.3. The van der Waals surface area contributed by atoms with Crippen LogP contribution in [0, 0.1) is 34.0 Å². The number of aliphatic hydroxyl groups excluding tert-OH is 1. The SMILES string of the molecule is C=C[C@@]1(C)C[C@H](OC(=O)COS(C)(=O)=O)[C@@]2(C)[C@@H](C)CC[C@@]3(CCC(=O)[C@@H]32)[C@H](C)[C@H]1O. The maximum Gasteiger partial charge on any atom is 0.333 e. The normalized spacial score (nSPS) is 45.4. The molecule has 3 aliphatic rings. The molecule has 0 unspecified atom stereocenters. The predicted molar refractivity (Wildman–Crippen MR) is 115 cm³/mol. The molecule has 176 valence electrons. The lowest BCUT2D eigenvalue weighted by atomic mass is 9.44. The lowest BCUT2D eigenvalue weighted by Crippen LogP contribution is -2.63. The van der Waals surface area contributed by atoms with E-state index in [-0.39, 0.29) is 29.0 Å². The van der Waals surface area contributed by atoms with Crippen LogP contribution in [-0.2, 0) is 28.6 Å². The number of carbonyl (C=O) groups excluding carboxylic acids is 2. The summed E-state index contributed by atoms with van der Waals surface area (Å²) in [6.07, 6.45) is 4.37. The van der Waals surface area contributed by atoms with Gasteiger partial charge in [0.15, 0.2) is 6.61 Å². The molecule has 3 saturated carbocycles. The lowest BCUT2D eigenvalue weighted by Gasteiger charge is -2.61. The van der Waals surface area contributed by atoms with Crippen LogP contribution in [0.1, 0.15) is 59.8 Å². The quantitative estimate of drug-likeness (QED) is 0.385. The molecule has 1 N–H and O–H groups in total. The van der Waals surface area contributed by atoms with E-state index in [0.717, 1.165) is 25.5 Å². The van der Waals surface area contributed by atoms with E-state index in [0.29, 0.717) is 12.8 Å². The Bertz CT molecular complexity index is 867. The van der Waals surface area contributed by atoms with E-state index in [1.807, 2.05) is 20.8 Å². The first kappa shape index (κ1) is 24.4. The molecule has 0 spiro atoms. The van der Waals surface area contributed by atoms with E-state index < -0.39 is 45.7 Å². The average Bonchev–Trinajstić information content (AvgIpc) is 3.05. The molecule has 3 fully saturated rings. The summed E-state index contributed by atoms with van der Waals surface area (Å²) in [5, 5.41) is 11.4. The second kappa shape index (κ2) is 7.96. The Balaban J connectivity index is 2.08. The van der Waals surface area contributed by atoms with Crippen LogP contribution in [0.5, 0.6) is 0 Å². The summed E-state index contributed by atoms with van der Waals surface area (Å²) >= 11 is 0. The molecule has 31 heavy (non-hydrogen) atoms. The van der Waals surface area contributed by atoms with Crippen molar-refractivity contribution in [2.75, 3.05) is 12.9 Å². The van der Waals surface area contributed by atoms with Crippen LogP contribution < -0.4 is 0 Å². The number of hydrogen-bond acceptors (Lipinski definition) is 7. The van der Waals surface area contributed by atoms with Gasteiger partial charge in [0.05, 0.1) is 12.4 Å². The number of ketones is 1. The smallest absolute Gasteiger partial charge is 0.333 e. The molecule has 7 nitrogen and oxygen atoms in total. The lowest BCUT2D eigenvalue weighted by molar-refractivity contribution is -0.207. The molecule has 0 radical (unpaired) electrons. The van der Waals surface area contributed by atoms with Crippen molar-refractivity contribution >= 4 is 21.9 Å². The Morgan fingerprint density at radius 1 is 1.29 bits per heavy atom. The minimum atomic E-state index is -3.79. The van der Waals surface area contributed by atoms with E-state index in [1.54, 1.807) is 6.08 Å². The minimum Gasteiger partial charge on any atom is -0.460 e. The third-order valence-corrected chi connectivity index (χ3v) is 9.51. The van der Waals surface area contributed by atoms with Crippen molar-refractivity contribution in [3.8, 4) is 0 Å². The number of hydrogen-bond donors (Lipinski definition) is 1. The molecule has 0 aliphatic heterocycles. The zero-order valence-corrected chi connectivity index (χ0v) is 20.0. The van der Waals surface area contributed by atoms with E-state index in [2.05, 4.69) is 17.7 Å². The predicted octanol–water partition coefficient (Wildman–Crippen LogP) is 2.87. The van der Waals surface area contributed by atoms with Crippen LogP contribution in [0.3, 0.4) is 0 Å². The summed E-state index contributed by atoms with van der Waals surface area (Å²) in [5.41, 5.74) is -1.72. The Hall–Kier alpha value is -1.25. The van der Waals surface area contributed by atoms with Crippen LogP contribution in [0.4, 0.5) is 0 Å². The van der Waals surface area contributed by atoms with Crippen molar-refractivity contribution < 1.29 is 32.0 Å². The zero-order valence-electron chi connectivity index (χ0n) is 19.2. The molecular weight excluding hydrogens is 420 g/mol. The summed E-state index contributed by atoms with van der Waals surface area (Å²) in [7, 11) is -3.79. The standard InChI is InChI=1S/C23H36O7S/c1-7-21(4)12-17(30-18(25)13-29-31(6,27)28)22(5)14(2)8-10-23(15(3)20(21)26)11-9-16(24)19(22)23/h7,14-15,17,19-20,26H,1,8-13H2,2-6H3/t14-,15+,17-,19+,20+,21-,22+,23+/m0/s1. The largest absolute Gasteiger partial charge is 0.460 e. The molecule has 0 aromatic rings. The average molecular weight is 457 g/mol. The summed E-state index contributed by atoms with van der Waals surface area (Å²) in [4.78, 5) is 25.9. The molecule has 0 aromatic heterocycles. The molecule has 8 heteroatoms. The van der Waals surface area contributed by atoms with Gasteiger partial charge in [-0.15, -0.1) is 6.58 Å². The van der Waals surface area contributed by atoms with Gasteiger partial charge in [-0.25, -0.2) is 4.79 Å². The minimum absolute atomic E-state index is 0.107. The number of esters is 1. The van der Waals surface area contributed by atoms with E-state index in [1.165, 1.54) is 0 Å². The van der Waals surface area contributed by atoms with Crippen LogP contribution in [0.2, 0.25) is 0 Å². The molecule has 0 aromatic carbocycles. The summed E-state index contributed by atoms with van der Waals surface area (Å²) in [6, 6.07) is 0. The topological polar surface area (TPSA) is 107 Å². The third kappa shape index (κ3) is 3.89. The molecule has 0 heterocycles. The van der Waals surface area contributed by atoms with Crippen molar-refractivity contribution in [2.24, 2.45) is 34.0 Å². The summed E-state index contributed by atoms with van der Waals surface area (Å²) in [5.74, 6) is -0.943. The van der Waals surface area contributed by atoms with Gasteiger partial charge in [-0.05, 0) is 42.9 Å². The number of ether oxygens (including phenoxy) is 1. The molecule has 0 amide bonds. The number of rotatable bonds is 5. The fourth-order valence-corrected chi connectivity index (χ4v) is 7.16. The molecule has 3 rings (SSSR count). The van der Waals surface area contributed by atoms with Gasteiger partial charge in [0.25, 0.3) is 10.1 Å².